The number of thiophene rings is 1. The molecule has 3 heterocycles. The van der Waals surface area contributed by atoms with Gasteiger partial charge in [-0.1, -0.05) is 12.1 Å². The van der Waals surface area contributed by atoms with Gasteiger partial charge in [-0.2, -0.15) is 16.4 Å². The molecular formula is C23H22N2O3S. The number of methoxy groups -OCH3 is 1. The maximum atomic E-state index is 6.48. The molecule has 0 bridgehead atoms. The SMILES string of the molecule is CCOc1cccc2c1O[C@H](c1ccsc1)N1N=C(c3ccc(OC)cc3)C[C@@H]21. The quantitative estimate of drug-likeness (QED) is 0.569. The third kappa shape index (κ3) is 3.13. The Morgan fingerprint density at radius 1 is 1.17 bits per heavy atom. The second-order valence-electron chi connectivity index (χ2n) is 7.01. The number of ether oxygens (including phenoxy) is 3. The van der Waals surface area contributed by atoms with E-state index in [4.69, 9.17) is 19.3 Å². The molecule has 0 saturated carbocycles. The van der Waals surface area contributed by atoms with Gasteiger partial charge in [-0.05, 0) is 59.6 Å². The van der Waals surface area contributed by atoms with E-state index in [9.17, 15) is 0 Å². The third-order valence-corrected chi connectivity index (χ3v) is 6.03. The summed E-state index contributed by atoms with van der Waals surface area (Å²) in [4.78, 5) is 0. The summed E-state index contributed by atoms with van der Waals surface area (Å²) in [5.74, 6) is 2.47. The van der Waals surface area contributed by atoms with Crippen molar-refractivity contribution >= 4 is 17.0 Å². The molecule has 0 fully saturated rings. The van der Waals surface area contributed by atoms with Crippen molar-refractivity contribution in [2.45, 2.75) is 25.6 Å². The lowest BCUT2D eigenvalue weighted by Gasteiger charge is -2.38. The Hall–Kier alpha value is -2.99. The summed E-state index contributed by atoms with van der Waals surface area (Å²) < 4.78 is 17.6. The first kappa shape index (κ1) is 18.1. The van der Waals surface area contributed by atoms with Gasteiger partial charge in [-0.15, -0.1) is 0 Å². The van der Waals surface area contributed by atoms with Gasteiger partial charge >= 0.3 is 0 Å². The predicted molar refractivity (Wildman–Crippen MR) is 114 cm³/mol. The lowest BCUT2D eigenvalue weighted by molar-refractivity contribution is -0.0209. The lowest BCUT2D eigenvalue weighted by Crippen LogP contribution is -2.33. The van der Waals surface area contributed by atoms with Crippen molar-refractivity contribution < 1.29 is 14.2 Å². The van der Waals surface area contributed by atoms with E-state index in [-0.39, 0.29) is 12.3 Å². The first-order valence-corrected chi connectivity index (χ1v) is 10.7. The van der Waals surface area contributed by atoms with Crippen molar-refractivity contribution in [3.8, 4) is 17.2 Å². The van der Waals surface area contributed by atoms with E-state index in [0.29, 0.717) is 6.61 Å². The largest absolute Gasteiger partial charge is 0.497 e. The monoisotopic (exact) mass is 406 g/mol. The summed E-state index contributed by atoms with van der Waals surface area (Å²) in [5, 5.41) is 11.3. The number of hydrogen-bond acceptors (Lipinski definition) is 6. The van der Waals surface area contributed by atoms with E-state index in [1.54, 1.807) is 18.4 Å². The first-order valence-electron chi connectivity index (χ1n) is 9.73. The smallest absolute Gasteiger partial charge is 0.214 e. The molecule has 2 aromatic carbocycles. The third-order valence-electron chi connectivity index (χ3n) is 5.33. The van der Waals surface area contributed by atoms with Crippen LogP contribution in [0, 0.1) is 0 Å². The summed E-state index contributed by atoms with van der Waals surface area (Å²) in [5.41, 5.74) is 4.38. The predicted octanol–water partition coefficient (Wildman–Crippen LogP) is 5.40. The van der Waals surface area contributed by atoms with E-state index in [2.05, 4.69) is 40.0 Å². The minimum Gasteiger partial charge on any atom is -0.497 e. The Balaban J connectivity index is 1.57. The van der Waals surface area contributed by atoms with Gasteiger partial charge in [0.1, 0.15) is 5.75 Å². The van der Waals surface area contributed by atoms with Crippen molar-refractivity contribution in [3.63, 3.8) is 0 Å². The molecule has 0 amide bonds. The fraction of sp³-hybridized carbons (Fsp3) is 0.261. The highest BCUT2D eigenvalue weighted by atomic mass is 32.1. The van der Waals surface area contributed by atoms with Crippen molar-refractivity contribution in [2.75, 3.05) is 13.7 Å². The molecule has 2 atom stereocenters. The molecule has 0 N–H and O–H groups in total. The summed E-state index contributed by atoms with van der Waals surface area (Å²) in [6.45, 7) is 2.59. The zero-order valence-corrected chi connectivity index (χ0v) is 17.2. The van der Waals surface area contributed by atoms with Gasteiger partial charge in [0.15, 0.2) is 11.5 Å². The fourth-order valence-electron chi connectivity index (χ4n) is 3.95. The van der Waals surface area contributed by atoms with Gasteiger partial charge in [0, 0.05) is 17.5 Å². The van der Waals surface area contributed by atoms with Gasteiger partial charge in [0.2, 0.25) is 6.23 Å². The van der Waals surface area contributed by atoms with E-state index in [0.717, 1.165) is 46.1 Å². The first-order chi connectivity index (χ1) is 14.3. The van der Waals surface area contributed by atoms with Crippen LogP contribution in [0.5, 0.6) is 17.2 Å². The van der Waals surface area contributed by atoms with Crippen LogP contribution < -0.4 is 14.2 Å². The number of benzene rings is 2. The molecule has 29 heavy (non-hydrogen) atoms. The van der Waals surface area contributed by atoms with E-state index in [1.807, 2.05) is 31.2 Å². The summed E-state index contributed by atoms with van der Waals surface area (Å²) in [6.07, 6.45) is 0.551. The van der Waals surface area contributed by atoms with Crippen LogP contribution in [-0.2, 0) is 0 Å². The van der Waals surface area contributed by atoms with Gasteiger partial charge in [0.05, 0.1) is 25.5 Å². The number of fused-ring (bicyclic) bond motifs is 3. The van der Waals surface area contributed by atoms with Gasteiger partial charge < -0.3 is 14.2 Å². The Bertz CT molecular complexity index is 1030. The maximum Gasteiger partial charge on any atom is 0.214 e. The second-order valence-corrected chi connectivity index (χ2v) is 7.79. The zero-order valence-electron chi connectivity index (χ0n) is 16.4. The molecule has 2 aliphatic rings. The average Bonchev–Trinajstić information content (AvgIpc) is 3.44. The summed E-state index contributed by atoms with van der Waals surface area (Å²) in [6, 6.07) is 16.4. The molecule has 0 radical (unpaired) electrons. The fourth-order valence-corrected chi connectivity index (χ4v) is 4.61. The minimum absolute atomic E-state index is 0.112. The van der Waals surface area contributed by atoms with Crippen LogP contribution in [0.15, 0.2) is 64.4 Å². The molecule has 0 aliphatic carbocycles. The van der Waals surface area contributed by atoms with Crippen LogP contribution in [0.1, 0.15) is 42.3 Å². The Morgan fingerprint density at radius 2 is 2.03 bits per heavy atom. The van der Waals surface area contributed by atoms with Gasteiger partial charge in [-0.3, -0.25) is 0 Å². The molecule has 3 aromatic rings. The van der Waals surface area contributed by atoms with Crippen LogP contribution in [0.3, 0.4) is 0 Å². The molecule has 1 aromatic heterocycles. The molecule has 5 nitrogen and oxygen atoms in total. The number of rotatable bonds is 5. The molecule has 5 rings (SSSR count). The van der Waals surface area contributed by atoms with Crippen molar-refractivity contribution in [3.05, 3.63) is 76.0 Å². The van der Waals surface area contributed by atoms with Crippen molar-refractivity contribution in [1.29, 1.82) is 0 Å². The molecule has 0 spiro atoms. The molecule has 148 valence electrons. The Morgan fingerprint density at radius 3 is 2.76 bits per heavy atom. The minimum atomic E-state index is -0.267. The topological polar surface area (TPSA) is 43.3 Å². The average molecular weight is 407 g/mol. The van der Waals surface area contributed by atoms with Gasteiger partial charge in [0.25, 0.3) is 0 Å². The normalized spacial score (nSPS) is 19.8. The van der Waals surface area contributed by atoms with E-state index < -0.39 is 0 Å². The molecule has 2 aliphatic heterocycles. The van der Waals surface area contributed by atoms with Crippen LogP contribution in [0.2, 0.25) is 0 Å². The van der Waals surface area contributed by atoms with E-state index >= 15 is 0 Å². The summed E-state index contributed by atoms with van der Waals surface area (Å²) in [7, 11) is 1.68. The second kappa shape index (κ2) is 7.44. The van der Waals surface area contributed by atoms with Crippen LogP contribution >= 0.6 is 11.3 Å². The van der Waals surface area contributed by atoms with Crippen molar-refractivity contribution in [1.82, 2.24) is 5.01 Å². The number of hydrogen-bond donors (Lipinski definition) is 0. The highest BCUT2D eigenvalue weighted by Crippen LogP contribution is 2.50. The Labute approximate surface area is 174 Å². The number of nitrogens with zero attached hydrogens (tertiary/aromatic N) is 2. The maximum absolute atomic E-state index is 6.48. The summed E-state index contributed by atoms with van der Waals surface area (Å²) >= 11 is 1.66. The number of hydrazone groups is 1. The van der Waals surface area contributed by atoms with Crippen LogP contribution in [-0.4, -0.2) is 24.4 Å². The van der Waals surface area contributed by atoms with Gasteiger partial charge in [-0.25, -0.2) is 5.01 Å². The molecule has 6 heteroatoms. The molecule has 0 unspecified atom stereocenters. The Kier molecular flexibility index (Phi) is 4.64. The van der Waals surface area contributed by atoms with Crippen LogP contribution in [0.25, 0.3) is 0 Å². The standard InChI is InChI=1S/C23H22N2O3S/c1-3-27-21-6-4-5-18-20-13-19(15-7-9-17(26-2)10-8-15)24-25(20)23(28-22(18)21)16-11-12-29-14-16/h4-12,14,20,23H,3,13H2,1-2H3/t20-,23+/m0/s1. The van der Waals surface area contributed by atoms with Crippen molar-refractivity contribution in [2.24, 2.45) is 5.10 Å². The van der Waals surface area contributed by atoms with Crippen LogP contribution in [0.4, 0.5) is 0 Å². The zero-order chi connectivity index (χ0) is 19.8. The lowest BCUT2D eigenvalue weighted by atomic mass is 9.95. The highest BCUT2D eigenvalue weighted by molar-refractivity contribution is 7.07. The molecular weight excluding hydrogens is 384 g/mol. The van der Waals surface area contributed by atoms with E-state index in [1.165, 1.54) is 0 Å². The number of para-hydroxylation sites is 1. The highest BCUT2D eigenvalue weighted by Gasteiger charge is 2.42. The molecule has 0 saturated heterocycles.